The average Bonchev–Trinajstić information content (AvgIpc) is 2.90. The van der Waals surface area contributed by atoms with Crippen LogP contribution in [0.15, 0.2) is 54.6 Å². The summed E-state index contributed by atoms with van der Waals surface area (Å²) >= 11 is 1.87. The first-order chi connectivity index (χ1) is 11.7. The molecule has 5 heteroatoms. The molecular weight excluding hydrogens is 396 g/mol. The Morgan fingerprint density at radius 3 is 2.56 bits per heavy atom. The van der Waals surface area contributed by atoms with Crippen LogP contribution in [0, 0.1) is 6.92 Å². The molecule has 132 valence electrons. The van der Waals surface area contributed by atoms with Crippen molar-refractivity contribution in [3.05, 3.63) is 71.3 Å². The normalized spacial score (nSPS) is 22.6. The van der Waals surface area contributed by atoms with Crippen LogP contribution in [0.3, 0.4) is 0 Å². The molecule has 0 bridgehead atoms. The summed E-state index contributed by atoms with van der Waals surface area (Å²) in [5, 5.41) is 12.9. The van der Waals surface area contributed by atoms with Crippen LogP contribution in [-0.2, 0) is 12.3 Å². The molecule has 0 aromatic heterocycles. The van der Waals surface area contributed by atoms with Crippen LogP contribution in [-0.4, -0.2) is 38.6 Å². The van der Waals surface area contributed by atoms with Gasteiger partial charge in [0.1, 0.15) is 6.54 Å². The number of aliphatic hydroxyl groups is 1. The Morgan fingerprint density at radius 2 is 1.84 bits per heavy atom. The zero-order chi connectivity index (χ0) is 16.6. The molecule has 25 heavy (non-hydrogen) atoms. The first-order valence-corrected chi connectivity index (χ1v) is 9.51. The van der Waals surface area contributed by atoms with E-state index in [4.69, 9.17) is 0 Å². The van der Waals surface area contributed by atoms with Crippen molar-refractivity contribution in [3.8, 4) is 0 Å². The second kappa shape index (κ2) is 7.52. The van der Waals surface area contributed by atoms with Crippen molar-refractivity contribution in [3.63, 3.8) is 0 Å². The van der Waals surface area contributed by atoms with Gasteiger partial charge in [0.25, 0.3) is 5.72 Å². The number of halogens is 1. The summed E-state index contributed by atoms with van der Waals surface area (Å²) in [6.07, 6.45) is 1.18. The third kappa shape index (κ3) is 3.50. The maximum Gasteiger partial charge on any atom is 0.311 e. The zero-order valence-corrected chi connectivity index (χ0v) is 16.8. The molecule has 1 N–H and O–H groups in total. The molecule has 1 atom stereocenters. The largest absolute Gasteiger partial charge is 1.00 e. The van der Waals surface area contributed by atoms with Gasteiger partial charge >= 0.3 is 5.17 Å². The summed E-state index contributed by atoms with van der Waals surface area (Å²) in [6.45, 7) is 4.48. The molecule has 2 aliphatic rings. The van der Waals surface area contributed by atoms with Gasteiger partial charge in [-0.15, -0.1) is 0 Å². The number of thioether (sulfide) groups is 1. The Labute approximate surface area is 164 Å². The van der Waals surface area contributed by atoms with E-state index >= 15 is 0 Å². The van der Waals surface area contributed by atoms with Gasteiger partial charge in [-0.1, -0.05) is 60.2 Å². The third-order valence-corrected chi connectivity index (χ3v) is 6.09. The van der Waals surface area contributed by atoms with Gasteiger partial charge in [0.2, 0.25) is 0 Å². The third-order valence-electron chi connectivity index (χ3n) is 4.86. The van der Waals surface area contributed by atoms with E-state index in [-0.39, 0.29) is 17.0 Å². The Kier molecular flexibility index (Phi) is 5.56. The van der Waals surface area contributed by atoms with E-state index in [0.717, 1.165) is 24.4 Å². The molecule has 0 amide bonds. The summed E-state index contributed by atoms with van der Waals surface area (Å²) in [5.74, 6) is 1.13. The Bertz CT molecular complexity index is 763. The fourth-order valence-corrected chi connectivity index (χ4v) is 4.71. The summed E-state index contributed by atoms with van der Waals surface area (Å²) in [5.41, 5.74) is 2.46. The molecule has 2 aromatic rings. The molecular formula is C20H23BrN2OS. The molecule has 2 heterocycles. The average molecular weight is 419 g/mol. The lowest BCUT2D eigenvalue weighted by Gasteiger charge is -2.29. The van der Waals surface area contributed by atoms with Crippen LogP contribution in [0.25, 0.3) is 0 Å². The lowest BCUT2D eigenvalue weighted by Crippen LogP contribution is -3.00. The van der Waals surface area contributed by atoms with E-state index < -0.39 is 5.72 Å². The number of rotatable bonds is 3. The van der Waals surface area contributed by atoms with Gasteiger partial charge in [0, 0.05) is 11.3 Å². The van der Waals surface area contributed by atoms with E-state index in [9.17, 15) is 5.11 Å². The lowest BCUT2D eigenvalue weighted by molar-refractivity contribution is -0.532. The van der Waals surface area contributed by atoms with E-state index in [2.05, 4.69) is 64.9 Å². The second-order valence-electron chi connectivity index (χ2n) is 6.66. The topological polar surface area (TPSA) is 26.5 Å². The van der Waals surface area contributed by atoms with Crippen LogP contribution >= 0.6 is 11.8 Å². The maximum absolute atomic E-state index is 11.7. The van der Waals surface area contributed by atoms with Gasteiger partial charge in [0.05, 0.1) is 6.54 Å². The highest BCUT2D eigenvalue weighted by Crippen LogP contribution is 2.37. The van der Waals surface area contributed by atoms with Crippen LogP contribution < -0.4 is 17.0 Å². The minimum atomic E-state index is -0.962. The van der Waals surface area contributed by atoms with Crippen molar-refractivity contribution in [1.82, 2.24) is 4.90 Å². The van der Waals surface area contributed by atoms with Crippen molar-refractivity contribution >= 4 is 16.9 Å². The highest BCUT2D eigenvalue weighted by atomic mass is 79.9. The van der Waals surface area contributed by atoms with Crippen LogP contribution in [0.2, 0.25) is 0 Å². The zero-order valence-electron chi connectivity index (χ0n) is 14.4. The van der Waals surface area contributed by atoms with Crippen LogP contribution in [0.1, 0.15) is 23.1 Å². The summed E-state index contributed by atoms with van der Waals surface area (Å²) < 4.78 is 2.34. The first-order valence-electron chi connectivity index (χ1n) is 8.53. The number of nitrogens with zero attached hydrogens (tertiary/aromatic N) is 2. The number of hydrogen-bond acceptors (Lipinski definition) is 3. The number of hydrogen-bond donors (Lipinski definition) is 1. The molecule has 2 aliphatic heterocycles. The van der Waals surface area contributed by atoms with Crippen molar-refractivity contribution in [2.45, 2.75) is 25.6 Å². The van der Waals surface area contributed by atoms with Crippen molar-refractivity contribution in [2.75, 3.05) is 18.8 Å². The summed E-state index contributed by atoms with van der Waals surface area (Å²) in [6, 6.07) is 18.7. The molecule has 0 radical (unpaired) electrons. The van der Waals surface area contributed by atoms with Crippen molar-refractivity contribution in [2.24, 2.45) is 0 Å². The van der Waals surface area contributed by atoms with Gasteiger partial charge in [-0.2, -0.15) is 0 Å². The maximum atomic E-state index is 11.7. The number of amidine groups is 1. The van der Waals surface area contributed by atoms with Crippen molar-refractivity contribution < 1.29 is 26.7 Å². The Morgan fingerprint density at radius 1 is 1.12 bits per heavy atom. The molecule has 0 saturated carbocycles. The predicted octanol–water partition coefficient (Wildman–Crippen LogP) is 0.165. The van der Waals surface area contributed by atoms with Crippen LogP contribution in [0.5, 0.6) is 0 Å². The molecule has 1 unspecified atom stereocenters. The number of benzene rings is 2. The molecule has 2 aromatic carbocycles. The molecule has 0 aliphatic carbocycles. The predicted molar refractivity (Wildman–Crippen MR) is 99.1 cm³/mol. The monoisotopic (exact) mass is 418 g/mol. The molecule has 3 nitrogen and oxygen atoms in total. The molecule has 0 fully saturated rings. The van der Waals surface area contributed by atoms with Gasteiger partial charge in [-0.25, -0.2) is 9.48 Å². The van der Waals surface area contributed by atoms with E-state index in [1.165, 1.54) is 22.7 Å². The first kappa shape index (κ1) is 18.5. The number of aryl methyl sites for hydroxylation is 1. The summed E-state index contributed by atoms with van der Waals surface area (Å²) in [7, 11) is 0. The van der Waals surface area contributed by atoms with Gasteiger partial charge in [-0.05, 0) is 30.7 Å². The SMILES string of the molecule is Cc1ccc(C2(O)C[N+]3=C(SCCC3)N2Cc2ccccc2)cc1.[Br-]. The van der Waals surface area contributed by atoms with Crippen LogP contribution in [0.4, 0.5) is 0 Å². The quantitative estimate of drug-likeness (QED) is 0.719. The lowest BCUT2D eigenvalue weighted by atomic mass is 10.00. The van der Waals surface area contributed by atoms with Gasteiger partial charge < -0.3 is 22.1 Å². The highest BCUT2D eigenvalue weighted by Gasteiger charge is 2.53. The van der Waals surface area contributed by atoms with Crippen molar-refractivity contribution in [1.29, 1.82) is 0 Å². The Balaban J connectivity index is 0.00000182. The highest BCUT2D eigenvalue weighted by molar-refractivity contribution is 8.13. The molecule has 0 spiro atoms. The smallest absolute Gasteiger partial charge is 0.311 e. The fourth-order valence-electron chi connectivity index (χ4n) is 3.54. The van der Waals surface area contributed by atoms with Gasteiger partial charge in [-0.3, -0.25) is 0 Å². The fraction of sp³-hybridized carbons (Fsp3) is 0.350. The molecule has 4 rings (SSSR count). The van der Waals surface area contributed by atoms with E-state index in [0.29, 0.717) is 6.54 Å². The summed E-state index contributed by atoms with van der Waals surface area (Å²) in [4.78, 5) is 2.19. The standard InChI is InChI=1S/C20H23N2OS.BrH/c1-16-8-10-18(11-9-16)20(23)15-21-12-5-13-24-19(21)22(20)14-17-6-3-2-4-7-17;/h2-4,6-11,23H,5,12-15H2,1H3;1H/q+1;/p-1. The minimum Gasteiger partial charge on any atom is -1.00 e. The molecule has 0 saturated heterocycles. The second-order valence-corrected chi connectivity index (χ2v) is 7.72. The minimum absolute atomic E-state index is 0. The van der Waals surface area contributed by atoms with E-state index in [1.807, 2.05) is 17.8 Å². The van der Waals surface area contributed by atoms with Gasteiger partial charge in [0.15, 0.2) is 6.54 Å². The van der Waals surface area contributed by atoms with E-state index in [1.54, 1.807) is 0 Å². The Hall–Kier alpha value is -1.30.